The van der Waals surface area contributed by atoms with Gasteiger partial charge in [0.2, 0.25) is 0 Å². The zero-order valence-electron chi connectivity index (χ0n) is 7.32. The van der Waals surface area contributed by atoms with Gasteiger partial charge in [0.05, 0.1) is 6.54 Å². The normalized spacial score (nSPS) is 25.8. The summed E-state index contributed by atoms with van der Waals surface area (Å²) in [6.45, 7) is 6.93. The number of amidine groups is 1. The second-order valence-electron chi connectivity index (χ2n) is 3.92. The van der Waals surface area contributed by atoms with Crippen LogP contribution in [0, 0.1) is 5.41 Å². The van der Waals surface area contributed by atoms with Gasteiger partial charge in [-0.25, -0.2) is 4.39 Å². The van der Waals surface area contributed by atoms with E-state index in [0.29, 0.717) is 13.1 Å². The van der Waals surface area contributed by atoms with Crippen LogP contribution in [-0.2, 0) is 0 Å². The lowest BCUT2D eigenvalue weighted by Gasteiger charge is -2.27. The minimum absolute atomic E-state index is 0.0279. The fourth-order valence-corrected chi connectivity index (χ4v) is 1.02. The van der Waals surface area contributed by atoms with E-state index < -0.39 is 6.17 Å². The van der Waals surface area contributed by atoms with Gasteiger partial charge in [-0.3, -0.25) is 4.99 Å². The molecule has 0 aromatic carbocycles. The fourth-order valence-electron chi connectivity index (χ4n) is 1.02. The molecule has 0 saturated heterocycles. The van der Waals surface area contributed by atoms with Crippen molar-refractivity contribution in [1.82, 2.24) is 5.32 Å². The Morgan fingerprint density at radius 3 is 2.55 bits per heavy atom. The molecule has 2 nitrogen and oxygen atoms in total. The Morgan fingerprint density at radius 1 is 1.55 bits per heavy atom. The number of nitrogens with one attached hydrogen (secondary N) is 1. The molecule has 0 aliphatic carbocycles. The number of rotatable bonds is 0. The minimum atomic E-state index is -0.805. The Bertz CT molecular complexity index is 169. The van der Waals surface area contributed by atoms with Gasteiger partial charge in [-0.2, -0.15) is 0 Å². The summed E-state index contributed by atoms with van der Waals surface area (Å²) in [4.78, 5) is 4.11. The van der Waals surface area contributed by atoms with Gasteiger partial charge in [-0.1, -0.05) is 20.8 Å². The molecule has 0 radical (unpaired) electrons. The predicted octanol–water partition coefficient (Wildman–Crippen LogP) is 1.37. The van der Waals surface area contributed by atoms with Crippen LogP contribution in [0.15, 0.2) is 4.99 Å². The molecule has 1 rings (SSSR count). The Hall–Kier alpha value is -0.600. The van der Waals surface area contributed by atoms with E-state index in [-0.39, 0.29) is 5.41 Å². The van der Waals surface area contributed by atoms with Crippen molar-refractivity contribution in [2.45, 2.75) is 26.9 Å². The highest BCUT2D eigenvalue weighted by atomic mass is 19.1. The number of aliphatic imine (C=N–C) groups is 1. The molecule has 0 saturated carbocycles. The Kier molecular flexibility index (Phi) is 2.16. The van der Waals surface area contributed by atoms with Gasteiger partial charge < -0.3 is 5.32 Å². The summed E-state index contributed by atoms with van der Waals surface area (Å²) < 4.78 is 12.6. The number of hydrogen-bond donors (Lipinski definition) is 1. The quantitative estimate of drug-likeness (QED) is 0.565. The molecule has 1 unspecified atom stereocenters. The van der Waals surface area contributed by atoms with E-state index in [2.05, 4.69) is 31.1 Å². The zero-order chi connectivity index (χ0) is 8.48. The average molecular weight is 158 g/mol. The van der Waals surface area contributed by atoms with E-state index >= 15 is 0 Å². The standard InChI is InChI=1S/C8H15FN2/c1-8(2,3)7-10-4-6(9)5-11-7/h6H,4-5H2,1-3H3,(H,10,11). The average Bonchev–Trinajstić information content (AvgIpc) is 1.86. The maximum Gasteiger partial charge on any atom is 0.137 e. The van der Waals surface area contributed by atoms with Crippen molar-refractivity contribution in [3.63, 3.8) is 0 Å². The fraction of sp³-hybridized carbons (Fsp3) is 0.875. The number of nitrogens with zero attached hydrogens (tertiary/aromatic N) is 1. The SMILES string of the molecule is CC(C)(C)C1=NCC(F)CN1. The molecule has 0 spiro atoms. The number of hydrogen-bond acceptors (Lipinski definition) is 2. The molecule has 0 fully saturated rings. The zero-order valence-corrected chi connectivity index (χ0v) is 7.32. The molecule has 0 amide bonds. The third-order valence-electron chi connectivity index (χ3n) is 1.65. The molecule has 1 heterocycles. The largest absolute Gasteiger partial charge is 0.370 e. The Labute approximate surface area is 66.9 Å². The van der Waals surface area contributed by atoms with Gasteiger partial charge in [0.15, 0.2) is 0 Å². The van der Waals surface area contributed by atoms with E-state index in [0.717, 1.165) is 5.84 Å². The maximum absolute atomic E-state index is 12.6. The van der Waals surface area contributed by atoms with Crippen molar-refractivity contribution in [3.05, 3.63) is 0 Å². The van der Waals surface area contributed by atoms with E-state index in [1.165, 1.54) is 0 Å². The van der Waals surface area contributed by atoms with Crippen LogP contribution >= 0.6 is 0 Å². The predicted molar refractivity (Wildman–Crippen MR) is 44.7 cm³/mol. The first-order valence-corrected chi connectivity index (χ1v) is 3.93. The van der Waals surface area contributed by atoms with E-state index in [1.807, 2.05) is 0 Å². The minimum Gasteiger partial charge on any atom is -0.370 e. The monoisotopic (exact) mass is 158 g/mol. The van der Waals surface area contributed by atoms with Gasteiger partial charge in [0.1, 0.15) is 12.0 Å². The highest BCUT2D eigenvalue weighted by Gasteiger charge is 2.23. The molecule has 0 aromatic heterocycles. The summed E-state index contributed by atoms with van der Waals surface area (Å²) in [5.41, 5.74) is 0.0279. The summed E-state index contributed by atoms with van der Waals surface area (Å²) in [5.74, 6) is 0.923. The second-order valence-corrected chi connectivity index (χ2v) is 3.92. The van der Waals surface area contributed by atoms with Gasteiger partial charge in [0.25, 0.3) is 0 Å². The van der Waals surface area contributed by atoms with E-state index in [4.69, 9.17) is 0 Å². The van der Waals surface area contributed by atoms with Gasteiger partial charge in [0, 0.05) is 12.0 Å². The van der Waals surface area contributed by atoms with Crippen molar-refractivity contribution >= 4 is 5.84 Å². The Morgan fingerprint density at radius 2 is 2.18 bits per heavy atom. The van der Waals surface area contributed by atoms with Crippen LogP contribution in [0.1, 0.15) is 20.8 Å². The molecular formula is C8H15FN2. The van der Waals surface area contributed by atoms with Gasteiger partial charge in [-0.05, 0) is 0 Å². The second kappa shape index (κ2) is 2.80. The number of halogens is 1. The lowest BCUT2D eigenvalue weighted by atomic mass is 9.94. The first-order chi connectivity index (χ1) is 5.00. The van der Waals surface area contributed by atoms with Crippen LogP contribution in [0.4, 0.5) is 4.39 Å². The van der Waals surface area contributed by atoms with Crippen molar-refractivity contribution < 1.29 is 4.39 Å². The Balaban J connectivity index is 2.62. The molecular weight excluding hydrogens is 143 g/mol. The molecule has 1 atom stereocenters. The first-order valence-electron chi connectivity index (χ1n) is 3.93. The summed E-state index contributed by atoms with van der Waals surface area (Å²) in [7, 11) is 0. The lowest BCUT2D eigenvalue weighted by Crippen LogP contribution is -2.43. The lowest BCUT2D eigenvalue weighted by molar-refractivity contribution is 0.325. The third kappa shape index (κ3) is 2.17. The van der Waals surface area contributed by atoms with Crippen LogP contribution in [0.3, 0.4) is 0 Å². The van der Waals surface area contributed by atoms with E-state index in [9.17, 15) is 4.39 Å². The first kappa shape index (κ1) is 8.50. The third-order valence-corrected chi connectivity index (χ3v) is 1.65. The van der Waals surface area contributed by atoms with Gasteiger partial charge >= 0.3 is 0 Å². The van der Waals surface area contributed by atoms with Gasteiger partial charge in [-0.15, -0.1) is 0 Å². The van der Waals surface area contributed by atoms with Crippen molar-refractivity contribution in [2.24, 2.45) is 10.4 Å². The molecule has 0 aromatic rings. The highest BCUT2D eigenvalue weighted by molar-refractivity contribution is 5.87. The summed E-state index contributed by atoms with van der Waals surface area (Å²) in [5, 5.41) is 2.98. The molecule has 64 valence electrons. The molecule has 3 heteroatoms. The molecule has 1 aliphatic rings. The summed E-state index contributed by atoms with van der Waals surface area (Å²) >= 11 is 0. The number of alkyl halides is 1. The van der Waals surface area contributed by atoms with Crippen molar-refractivity contribution in [2.75, 3.05) is 13.1 Å². The summed E-state index contributed by atoms with van der Waals surface area (Å²) in [6.07, 6.45) is -0.805. The van der Waals surface area contributed by atoms with Crippen LogP contribution in [-0.4, -0.2) is 25.1 Å². The molecule has 1 aliphatic heterocycles. The highest BCUT2D eigenvalue weighted by Crippen LogP contribution is 2.16. The molecule has 1 N–H and O–H groups in total. The van der Waals surface area contributed by atoms with Crippen molar-refractivity contribution in [3.8, 4) is 0 Å². The maximum atomic E-state index is 12.6. The molecule has 0 bridgehead atoms. The smallest absolute Gasteiger partial charge is 0.137 e. The van der Waals surface area contributed by atoms with Crippen LogP contribution in [0.25, 0.3) is 0 Å². The summed E-state index contributed by atoms with van der Waals surface area (Å²) in [6, 6.07) is 0. The molecule has 11 heavy (non-hydrogen) atoms. The topological polar surface area (TPSA) is 24.4 Å². The van der Waals surface area contributed by atoms with Crippen molar-refractivity contribution in [1.29, 1.82) is 0 Å². The van der Waals surface area contributed by atoms with Crippen LogP contribution < -0.4 is 5.32 Å². The van der Waals surface area contributed by atoms with Crippen LogP contribution in [0.2, 0.25) is 0 Å². The van der Waals surface area contributed by atoms with Crippen LogP contribution in [0.5, 0.6) is 0 Å². The van der Waals surface area contributed by atoms with E-state index in [1.54, 1.807) is 0 Å².